The Labute approximate surface area is 219 Å². The smallest absolute Gasteiger partial charge is 0.227 e. The number of hydrogen-bond acceptors (Lipinski definition) is 2. The zero-order valence-electron chi connectivity index (χ0n) is 22.9. The van der Waals surface area contributed by atoms with Crippen LogP contribution in [0, 0.1) is 23.7 Å². The predicted molar refractivity (Wildman–Crippen MR) is 150 cm³/mol. The Bertz CT molecular complexity index is 836. The van der Waals surface area contributed by atoms with Gasteiger partial charge in [-0.2, -0.15) is 0 Å². The third-order valence-corrected chi connectivity index (χ3v) is 8.13. The van der Waals surface area contributed by atoms with Gasteiger partial charge in [0.05, 0.1) is 5.92 Å². The second-order valence-corrected chi connectivity index (χ2v) is 11.6. The van der Waals surface area contributed by atoms with Crippen LogP contribution in [0.25, 0.3) is 0 Å². The van der Waals surface area contributed by atoms with Gasteiger partial charge < -0.3 is 5.32 Å². The van der Waals surface area contributed by atoms with E-state index in [2.05, 4.69) is 57.3 Å². The molecule has 3 heteroatoms. The number of nitrogens with one attached hydrogen (secondary N) is 1. The highest BCUT2D eigenvalue weighted by molar-refractivity contribution is 5.86. The van der Waals surface area contributed by atoms with Gasteiger partial charge in [0.25, 0.3) is 0 Å². The summed E-state index contributed by atoms with van der Waals surface area (Å²) in [5.41, 5.74) is 2.26. The minimum Gasteiger partial charge on any atom is -0.356 e. The van der Waals surface area contributed by atoms with Gasteiger partial charge in [-0.15, -0.1) is 0 Å². The quantitative estimate of drug-likeness (QED) is 0.311. The van der Waals surface area contributed by atoms with Gasteiger partial charge in [-0.25, -0.2) is 0 Å². The first-order chi connectivity index (χ1) is 17.4. The summed E-state index contributed by atoms with van der Waals surface area (Å²) in [6, 6.07) is 20.4. The molecule has 0 saturated heterocycles. The van der Waals surface area contributed by atoms with Crippen LogP contribution in [0.5, 0.6) is 0 Å². The van der Waals surface area contributed by atoms with Crippen LogP contribution in [0.3, 0.4) is 0 Å². The third-order valence-electron chi connectivity index (χ3n) is 8.13. The molecule has 3 nitrogen and oxygen atoms in total. The SMILES string of the molecule is CC(C)[C@H](C(=O)CCCC1CCC(CCNC(=O)[C@H](c2ccccc2)C(C)C)CC1)c1ccccc1. The number of Topliss-reactive ketones (excluding diaryl/α,β-unsaturated/α-hetero) is 1. The Morgan fingerprint density at radius 3 is 1.69 bits per heavy atom. The highest BCUT2D eigenvalue weighted by atomic mass is 16.2. The molecule has 0 spiro atoms. The summed E-state index contributed by atoms with van der Waals surface area (Å²) in [5, 5.41) is 3.22. The van der Waals surface area contributed by atoms with Gasteiger partial charge in [0.2, 0.25) is 5.91 Å². The van der Waals surface area contributed by atoms with E-state index in [-0.39, 0.29) is 23.7 Å². The van der Waals surface area contributed by atoms with E-state index < -0.39 is 0 Å². The summed E-state index contributed by atoms with van der Waals surface area (Å²) < 4.78 is 0. The van der Waals surface area contributed by atoms with Crippen molar-refractivity contribution in [3.8, 4) is 0 Å². The van der Waals surface area contributed by atoms with E-state index in [4.69, 9.17) is 0 Å². The van der Waals surface area contributed by atoms with E-state index in [9.17, 15) is 9.59 Å². The van der Waals surface area contributed by atoms with Gasteiger partial charge in [0, 0.05) is 18.9 Å². The average Bonchev–Trinajstić information content (AvgIpc) is 2.86. The molecule has 0 radical (unpaired) electrons. The molecule has 1 N–H and O–H groups in total. The predicted octanol–water partition coefficient (Wildman–Crippen LogP) is 7.92. The Morgan fingerprint density at radius 1 is 0.722 bits per heavy atom. The van der Waals surface area contributed by atoms with Crippen molar-refractivity contribution in [3.63, 3.8) is 0 Å². The highest BCUT2D eigenvalue weighted by Gasteiger charge is 2.26. The summed E-state index contributed by atoms with van der Waals surface area (Å²) in [4.78, 5) is 25.9. The average molecular weight is 490 g/mol. The zero-order chi connectivity index (χ0) is 25.9. The van der Waals surface area contributed by atoms with Crippen molar-refractivity contribution in [2.45, 2.75) is 90.9 Å². The normalized spacial score (nSPS) is 19.7. The second-order valence-electron chi connectivity index (χ2n) is 11.6. The molecule has 0 aliphatic heterocycles. The minimum atomic E-state index is -0.0816. The molecule has 196 valence electrons. The fourth-order valence-corrected chi connectivity index (χ4v) is 6.14. The van der Waals surface area contributed by atoms with Gasteiger partial charge in [-0.1, -0.05) is 120 Å². The standard InChI is InChI=1S/C33H47NO2/c1-24(2)31(28-13-7-5-8-14-28)30(35)17-11-12-26-18-20-27(21-19-26)22-23-34-33(36)32(25(3)4)29-15-9-6-10-16-29/h5-10,13-16,24-27,31-32H,11-12,17-23H2,1-4H3,(H,34,36)/t26?,27?,31-,32-/m0/s1. The molecule has 2 aromatic rings. The van der Waals surface area contributed by atoms with Crippen LogP contribution >= 0.6 is 0 Å². The third kappa shape index (κ3) is 8.32. The number of carbonyl (C=O) groups excluding carboxylic acids is 2. The van der Waals surface area contributed by atoms with E-state index in [0.717, 1.165) is 36.4 Å². The lowest BCUT2D eigenvalue weighted by atomic mass is 9.77. The molecule has 0 bridgehead atoms. The molecule has 1 aliphatic carbocycles. The second kappa shape index (κ2) is 14.4. The van der Waals surface area contributed by atoms with E-state index in [0.29, 0.717) is 24.0 Å². The van der Waals surface area contributed by atoms with Gasteiger partial charge >= 0.3 is 0 Å². The first kappa shape index (κ1) is 28.2. The molecule has 1 saturated carbocycles. The molecule has 2 aromatic carbocycles. The van der Waals surface area contributed by atoms with Gasteiger partial charge in [0.15, 0.2) is 0 Å². The highest BCUT2D eigenvalue weighted by Crippen LogP contribution is 2.34. The van der Waals surface area contributed by atoms with Crippen LogP contribution in [-0.2, 0) is 9.59 Å². The van der Waals surface area contributed by atoms with Crippen molar-refractivity contribution in [1.82, 2.24) is 5.32 Å². The molecule has 0 heterocycles. The van der Waals surface area contributed by atoms with E-state index >= 15 is 0 Å². The topological polar surface area (TPSA) is 46.2 Å². The fraction of sp³-hybridized carbons (Fsp3) is 0.576. The summed E-state index contributed by atoms with van der Waals surface area (Å²) in [6.45, 7) is 9.33. The van der Waals surface area contributed by atoms with Crippen LogP contribution in [0.4, 0.5) is 0 Å². The largest absolute Gasteiger partial charge is 0.356 e. The molecule has 36 heavy (non-hydrogen) atoms. The van der Waals surface area contributed by atoms with E-state index in [1.807, 2.05) is 36.4 Å². The van der Waals surface area contributed by atoms with Crippen LogP contribution < -0.4 is 5.32 Å². The first-order valence-electron chi connectivity index (χ1n) is 14.3. The molecule has 1 aliphatic rings. The van der Waals surface area contributed by atoms with Crippen molar-refractivity contribution in [2.24, 2.45) is 23.7 Å². The number of benzene rings is 2. The number of hydrogen-bond donors (Lipinski definition) is 1. The lowest BCUT2D eigenvalue weighted by molar-refractivity contribution is -0.123. The summed E-state index contributed by atoms with van der Waals surface area (Å²) in [7, 11) is 0. The molecule has 0 aromatic heterocycles. The zero-order valence-corrected chi connectivity index (χ0v) is 22.9. The van der Waals surface area contributed by atoms with E-state index in [1.54, 1.807) is 0 Å². The summed E-state index contributed by atoms with van der Waals surface area (Å²) >= 11 is 0. The fourth-order valence-electron chi connectivity index (χ4n) is 6.14. The monoisotopic (exact) mass is 489 g/mol. The summed E-state index contributed by atoms with van der Waals surface area (Å²) in [5.74, 6) is 2.57. The maximum Gasteiger partial charge on any atom is 0.227 e. The number of carbonyl (C=O) groups is 2. The van der Waals surface area contributed by atoms with Crippen molar-refractivity contribution in [1.29, 1.82) is 0 Å². The lowest BCUT2D eigenvalue weighted by Crippen LogP contribution is -2.33. The minimum absolute atomic E-state index is 0.0225. The molecular weight excluding hydrogens is 442 g/mol. The van der Waals surface area contributed by atoms with Crippen LogP contribution in [0.15, 0.2) is 60.7 Å². The molecule has 3 rings (SSSR count). The van der Waals surface area contributed by atoms with Crippen molar-refractivity contribution < 1.29 is 9.59 Å². The van der Waals surface area contributed by atoms with Crippen LogP contribution in [0.2, 0.25) is 0 Å². The van der Waals surface area contributed by atoms with Crippen LogP contribution in [-0.4, -0.2) is 18.2 Å². The number of ketones is 1. The maximum absolute atomic E-state index is 13.0. The Kier molecular flexibility index (Phi) is 11.2. The molecular formula is C33H47NO2. The van der Waals surface area contributed by atoms with Crippen LogP contribution in [0.1, 0.15) is 102 Å². The molecule has 1 fully saturated rings. The van der Waals surface area contributed by atoms with Gasteiger partial charge in [-0.05, 0) is 47.6 Å². The number of rotatable bonds is 13. The molecule has 2 atom stereocenters. The Balaban J connectivity index is 1.34. The van der Waals surface area contributed by atoms with Crippen molar-refractivity contribution >= 4 is 11.7 Å². The molecule has 0 unspecified atom stereocenters. The van der Waals surface area contributed by atoms with Gasteiger partial charge in [0.1, 0.15) is 5.78 Å². The Morgan fingerprint density at radius 2 is 1.19 bits per heavy atom. The maximum atomic E-state index is 13.0. The van der Waals surface area contributed by atoms with Gasteiger partial charge in [-0.3, -0.25) is 9.59 Å². The number of amides is 1. The Hall–Kier alpha value is -2.42. The first-order valence-corrected chi connectivity index (χ1v) is 14.3. The summed E-state index contributed by atoms with van der Waals surface area (Å²) in [6.07, 6.45) is 8.97. The van der Waals surface area contributed by atoms with Crippen molar-refractivity contribution in [2.75, 3.05) is 6.54 Å². The lowest BCUT2D eigenvalue weighted by Gasteiger charge is -2.29. The molecule has 1 amide bonds. The van der Waals surface area contributed by atoms with E-state index in [1.165, 1.54) is 32.1 Å². The van der Waals surface area contributed by atoms with Crippen molar-refractivity contribution in [3.05, 3.63) is 71.8 Å².